The first-order chi connectivity index (χ1) is 5.81. The zero-order valence-corrected chi connectivity index (χ0v) is 8.82. The molecular weight excluding hydrogens is 146 g/mol. The molecule has 2 fully saturated rings. The van der Waals surface area contributed by atoms with E-state index in [4.69, 9.17) is 0 Å². The molecule has 1 heterocycles. The third-order valence-corrected chi connectivity index (χ3v) is 3.06. The standard InChI is InChI=1S/C9H17N.C2H6/c1-8-7-9(10-8)5-3-2-4-6-9;1-2/h8,10H,2-7H2,1H3;1-2H3. The van der Waals surface area contributed by atoms with E-state index in [1.54, 1.807) is 0 Å². The van der Waals surface area contributed by atoms with Gasteiger partial charge in [0.05, 0.1) is 0 Å². The van der Waals surface area contributed by atoms with Crippen LogP contribution >= 0.6 is 0 Å². The van der Waals surface area contributed by atoms with Crippen LogP contribution in [0.3, 0.4) is 0 Å². The molecule has 1 atom stereocenters. The predicted octanol–water partition coefficient (Wildman–Crippen LogP) is 3.10. The Labute approximate surface area is 76.9 Å². The molecule has 1 saturated carbocycles. The number of nitrogens with one attached hydrogen (secondary N) is 1. The lowest BCUT2D eigenvalue weighted by atomic mass is 9.72. The number of hydrogen-bond donors (Lipinski definition) is 1. The Balaban J connectivity index is 0.000000336. The maximum absolute atomic E-state index is 3.66. The van der Waals surface area contributed by atoms with Crippen molar-refractivity contribution in [2.45, 2.75) is 70.9 Å². The average Bonchev–Trinajstić information content (AvgIpc) is 2.08. The highest BCUT2D eigenvalue weighted by Gasteiger charge is 2.41. The second-order valence-electron chi connectivity index (χ2n) is 4.09. The summed E-state index contributed by atoms with van der Waals surface area (Å²) in [5, 5.41) is 3.66. The molecule has 1 heteroatoms. The lowest BCUT2D eigenvalue weighted by Crippen LogP contribution is -2.62. The van der Waals surface area contributed by atoms with E-state index in [0.29, 0.717) is 5.54 Å². The molecule has 1 nitrogen and oxygen atoms in total. The molecule has 1 aliphatic carbocycles. The molecule has 1 spiro atoms. The molecule has 0 radical (unpaired) electrons. The van der Waals surface area contributed by atoms with Crippen molar-refractivity contribution in [3.63, 3.8) is 0 Å². The average molecular weight is 169 g/mol. The van der Waals surface area contributed by atoms with Crippen LogP contribution in [0.1, 0.15) is 59.3 Å². The zero-order chi connectivity index (χ0) is 9.03. The molecule has 12 heavy (non-hydrogen) atoms. The summed E-state index contributed by atoms with van der Waals surface area (Å²) >= 11 is 0. The van der Waals surface area contributed by atoms with Crippen molar-refractivity contribution in [3.8, 4) is 0 Å². The van der Waals surface area contributed by atoms with Gasteiger partial charge < -0.3 is 5.32 Å². The van der Waals surface area contributed by atoms with Gasteiger partial charge in [-0.15, -0.1) is 0 Å². The normalized spacial score (nSPS) is 31.8. The summed E-state index contributed by atoms with van der Waals surface area (Å²) in [7, 11) is 0. The third-order valence-electron chi connectivity index (χ3n) is 3.06. The number of hydrogen-bond acceptors (Lipinski definition) is 1. The van der Waals surface area contributed by atoms with Crippen LogP contribution in [-0.2, 0) is 0 Å². The van der Waals surface area contributed by atoms with Crippen LogP contribution in [-0.4, -0.2) is 11.6 Å². The van der Waals surface area contributed by atoms with Crippen molar-refractivity contribution in [1.29, 1.82) is 0 Å². The van der Waals surface area contributed by atoms with Gasteiger partial charge in [-0.25, -0.2) is 0 Å². The smallest absolute Gasteiger partial charge is 0.0198 e. The molecule has 0 bridgehead atoms. The summed E-state index contributed by atoms with van der Waals surface area (Å²) in [6.45, 7) is 6.29. The van der Waals surface area contributed by atoms with Crippen LogP contribution in [0.4, 0.5) is 0 Å². The maximum Gasteiger partial charge on any atom is 0.0198 e. The fourth-order valence-corrected chi connectivity index (χ4v) is 2.66. The topological polar surface area (TPSA) is 12.0 Å². The minimum absolute atomic E-state index is 0.623. The quantitative estimate of drug-likeness (QED) is 0.587. The Morgan fingerprint density at radius 3 is 2.00 bits per heavy atom. The number of rotatable bonds is 0. The summed E-state index contributed by atoms with van der Waals surface area (Å²) in [6.07, 6.45) is 8.71. The Morgan fingerprint density at radius 2 is 1.58 bits per heavy atom. The van der Waals surface area contributed by atoms with Gasteiger partial charge in [-0.05, 0) is 26.2 Å². The van der Waals surface area contributed by atoms with Crippen LogP contribution in [0.25, 0.3) is 0 Å². The highest BCUT2D eigenvalue weighted by molar-refractivity contribution is 5.02. The van der Waals surface area contributed by atoms with Crippen molar-refractivity contribution < 1.29 is 0 Å². The van der Waals surface area contributed by atoms with E-state index >= 15 is 0 Å². The van der Waals surface area contributed by atoms with Crippen LogP contribution in [0.5, 0.6) is 0 Å². The second kappa shape index (κ2) is 4.27. The largest absolute Gasteiger partial charge is 0.309 e. The SMILES string of the molecule is CC.CC1CC2(CCCCC2)N1. The monoisotopic (exact) mass is 169 g/mol. The molecular formula is C11H23N. The Morgan fingerprint density at radius 1 is 1.08 bits per heavy atom. The van der Waals surface area contributed by atoms with E-state index in [1.807, 2.05) is 13.8 Å². The van der Waals surface area contributed by atoms with E-state index < -0.39 is 0 Å². The maximum atomic E-state index is 3.66. The molecule has 2 rings (SSSR count). The first kappa shape index (κ1) is 10.0. The Hall–Kier alpha value is -0.0400. The van der Waals surface area contributed by atoms with Crippen LogP contribution < -0.4 is 5.32 Å². The van der Waals surface area contributed by atoms with Crippen molar-refractivity contribution in [2.75, 3.05) is 0 Å². The Kier molecular flexibility index (Phi) is 3.57. The van der Waals surface area contributed by atoms with Gasteiger partial charge in [0, 0.05) is 11.6 Å². The third kappa shape index (κ3) is 2.01. The van der Waals surface area contributed by atoms with Gasteiger partial charge in [0.15, 0.2) is 0 Å². The van der Waals surface area contributed by atoms with E-state index in [0.717, 1.165) is 6.04 Å². The lowest BCUT2D eigenvalue weighted by molar-refractivity contribution is 0.0980. The molecule has 0 aromatic carbocycles. The van der Waals surface area contributed by atoms with Gasteiger partial charge >= 0.3 is 0 Å². The van der Waals surface area contributed by atoms with Gasteiger partial charge in [0.1, 0.15) is 0 Å². The van der Waals surface area contributed by atoms with Crippen molar-refractivity contribution in [2.24, 2.45) is 0 Å². The van der Waals surface area contributed by atoms with Gasteiger partial charge in [-0.2, -0.15) is 0 Å². The summed E-state index contributed by atoms with van der Waals surface area (Å²) in [6, 6.07) is 0.804. The first-order valence-corrected chi connectivity index (χ1v) is 5.58. The van der Waals surface area contributed by atoms with E-state index in [2.05, 4.69) is 12.2 Å². The molecule has 72 valence electrons. The fourth-order valence-electron chi connectivity index (χ4n) is 2.66. The van der Waals surface area contributed by atoms with Crippen LogP contribution in [0.15, 0.2) is 0 Å². The second-order valence-corrected chi connectivity index (χ2v) is 4.09. The molecule has 1 saturated heterocycles. The van der Waals surface area contributed by atoms with Crippen molar-refractivity contribution >= 4 is 0 Å². The van der Waals surface area contributed by atoms with Crippen LogP contribution in [0, 0.1) is 0 Å². The van der Waals surface area contributed by atoms with Gasteiger partial charge in [0.25, 0.3) is 0 Å². The highest BCUT2D eigenvalue weighted by atomic mass is 15.1. The molecule has 1 N–H and O–H groups in total. The molecule has 1 unspecified atom stereocenters. The van der Waals surface area contributed by atoms with Crippen LogP contribution in [0.2, 0.25) is 0 Å². The van der Waals surface area contributed by atoms with E-state index in [9.17, 15) is 0 Å². The van der Waals surface area contributed by atoms with Gasteiger partial charge in [-0.3, -0.25) is 0 Å². The van der Waals surface area contributed by atoms with E-state index in [-0.39, 0.29) is 0 Å². The van der Waals surface area contributed by atoms with Crippen molar-refractivity contribution in [3.05, 3.63) is 0 Å². The zero-order valence-electron chi connectivity index (χ0n) is 8.82. The van der Waals surface area contributed by atoms with Crippen molar-refractivity contribution in [1.82, 2.24) is 5.32 Å². The summed E-state index contributed by atoms with van der Waals surface area (Å²) in [4.78, 5) is 0. The van der Waals surface area contributed by atoms with Gasteiger partial charge in [-0.1, -0.05) is 33.1 Å². The highest BCUT2D eigenvalue weighted by Crippen LogP contribution is 2.38. The molecule has 0 aromatic rings. The first-order valence-electron chi connectivity index (χ1n) is 5.58. The molecule has 0 amide bonds. The molecule has 0 aromatic heterocycles. The summed E-state index contributed by atoms with van der Waals surface area (Å²) in [5.74, 6) is 0. The molecule has 1 aliphatic heterocycles. The Bertz CT molecular complexity index is 109. The summed E-state index contributed by atoms with van der Waals surface area (Å²) < 4.78 is 0. The fraction of sp³-hybridized carbons (Fsp3) is 1.00. The van der Waals surface area contributed by atoms with Gasteiger partial charge in [0.2, 0.25) is 0 Å². The predicted molar refractivity (Wildman–Crippen MR) is 54.4 cm³/mol. The lowest BCUT2D eigenvalue weighted by Gasteiger charge is -2.50. The minimum atomic E-state index is 0.623. The molecule has 2 aliphatic rings. The summed E-state index contributed by atoms with van der Waals surface area (Å²) in [5.41, 5.74) is 0.623. The van der Waals surface area contributed by atoms with E-state index in [1.165, 1.54) is 38.5 Å². The minimum Gasteiger partial charge on any atom is -0.309 e.